The van der Waals surface area contributed by atoms with Gasteiger partial charge in [-0.2, -0.15) is 5.10 Å². The number of carbonyl (C=O) groups is 2. The second-order valence-electron chi connectivity index (χ2n) is 5.42. The van der Waals surface area contributed by atoms with Crippen LogP contribution in [0, 0.1) is 0 Å². The van der Waals surface area contributed by atoms with Crippen LogP contribution in [0.25, 0.3) is 0 Å². The highest BCUT2D eigenvalue weighted by Gasteiger charge is 2.26. The third-order valence-electron chi connectivity index (χ3n) is 3.45. The molecule has 134 valence electrons. The number of nitrogens with one attached hydrogen (secondary N) is 1. The molecule has 0 saturated carbocycles. The predicted octanol–water partition coefficient (Wildman–Crippen LogP) is 0.841. The van der Waals surface area contributed by atoms with Gasteiger partial charge < -0.3 is 19.9 Å². The molecule has 8 heteroatoms. The lowest BCUT2D eigenvalue weighted by molar-refractivity contribution is -0.130. The molecule has 3 rings (SSSR count). The zero-order valence-electron chi connectivity index (χ0n) is 13.8. The van der Waals surface area contributed by atoms with Crippen LogP contribution in [-0.2, 0) is 9.59 Å². The number of hydrazone groups is 1. The Labute approximate surface area is 149 Å². The molecule has 1 aliphatic heterocycles. The number of fused-ring (bicyclic) bond motifs is 1. The number of nitrogens with zero attached hydrogens (tertiary/aromatic N) is 1. The van der Waals surface area contributed by atoms with E-state index in [0.717, 1.165) is 5.56 Å². The number of primary amides is 1. The Hall–Kier alpha value is -3.55. The zero-order chi connectivity index (χ0) is 18.4. The van der Waals surface area contributed by atoms with Crippen molar-refractivity contribution in [3.05, 3.63) is 54.1 Å². The van der Waals surface area contributed by atoms with E-state index >= 15 is 0 Å². The van der Waals surface area contributed by atoms with Crippen molar-refractivity contribution in [2.45, 2.75) is 6.10 Å². The number of carbonyl (C=O) groups excluding carboxylic acids is 2. The van der Waals surface area contributed by atoms with E-state index in [2.05, 4.69) is 10.5 Å². The second kappa shape index (κ2) is 8.02. The number of benzene rings is 2. The minimum atomic E-state index is -0.772. The molecule has 0 aliphatic carbocycles. The first-order valence-corrected chi connectivity index (χ1v) is 7.84. The van der Waals surface area contributed by atoms with Crippen molar-refractivity contribution >= 4 is 18.0 Å². The number of hydrogen-bond donors (Lipinski definition) is 2. The lowest BCUT2D eigenvalue weighted by atomic mass is 10.2. The van der Waals surface area contributed by atoms with E-state index in [1.807, 2.05) is 6.07 Å². The van der Waals surface area contributed by atoms with E-state index in [0.29, 0.717) is 17.2 Å². The topological polar surface area (TPSA) is 112 Å². The van der Waals surface area contributed by atoms with Gasteiger partial charge >= 0.3 is 0 Å². The van der Waals surface area contributed by atoms with Gasteiger partial charge in [0.1, 0.15) is 12.4 Å². The Kier molecular flexibility index (Phi) is 5.33. The molecule has 3 N–H and O–H groups in total. The molecule has 1 atom stereocenters. The highest BCUT2D eigenvalue weighted by Crippen LogP contribution is 2.30. The Morgan fingerprint density at radius 3 is 2.65 bits per heavy atom. The first-order valence-electron chi connectivity index (χ1n) is 7.84. The second-order valence-corrected chi connectivity index (χ2v) is 5.42. The van der Waals surface area contributed by atoms with Gasteiger partial charge in [-0.3, -0.25) is 9.59 Å². The molecule has 0 unspecified atom stereocenters. The van der Waals surface area contributed by atoms with E-state index in [1.165, 1.54) is 6.21 Å². The molecule has 0 fully saturated rings. The predicted molar refractivity (Wildman–Crippen MR) is 93.2 cm³/mol. The normalized spacial score (nSPS) is 15.5. The van der Waals surface area contributed by atoms with Gasteiger partial charge in [0.25, 0.3) is 11.8 Å². The van der Waals surface area contributed by atoms with Gasteiger partial charge in [-0.05, 0) is 42.0 Å². The van der Waals surface area contributed by atoms with E-state index in [-0.39, 0.29) is 13.2 Å². The summed E-state index contributed by atoms with van der Waals surface area (Å²) in [6.07, 6.45) is 0.708. The van der Waals surface area contributed by atoms with Crippen LogP contribution < -0.4 is 25.4 Å². The third-order valence-corrected chi connectivity index (χ3v) is 3.45. The number of rotatable bonds is 6. The monoisotopic (exact) mass is 355 g/mol. The third kappa shape index (κ3) is 4.50. The quantitative estimate of drug-likeness (QED) is 0.589. The summed E-state index contributed by atoms with van der Waals surface area (Å²) in [4.78, 5) is 22.8. The number of nitrogens with two attached hydrogens (primary N) is 1. The van der Waals surface area contributed by atoms with Crippen molar-refractivity contribution in [1.29, 1.82) is 0 Å². The van der Waals surface area contributed by atoms with Gasteiger partial charge in [0.2, 0.25) is 6.10 Å². The molecule has 0 radical (unpaired) electrons. The van der Waals surface area contributed by atoms with Crippen molar-refractivity contribution in [2.75, 3.05) is 13.2 Å². The SMILES string of the molecule is NC(=O)COc1ccc(/C=N\NC(=O)[C@@H]2COc3ccccc3O2)cc1. The Bertz CT molecular complexity index is 820. The van der Waals surface area contributed by atoms with Crippen LogP contribution in [0.1, 0.15) is 5.56 Å². The molecule has 1 aliphatic rings. The molecule has 2 aromatic carbocycles. The fourth-order valence-electron chi connectivity index (χ4n) is 2.20. The van der Waals surface area contributed by atoms with Crippen LogP contribution in [0.15, 0.2) is 53.6 Å². The summed E-state index contributed by atoms with van der Waals surface area (Å²) in [6, 6.07) is 13.9. The standard InChI is InChI=1S/C18H17N3O5/c19-17(22)11-24-13-7-5-12(6-8-13)9-20-21-18(23)16-10-25-14-3-1-2-4-15(14)26-16/h1-9,16H,10-11H2,(H2,19,22)(H,21,23)/b20-9-/t16-/m0/s1. The summed E-state index contributed by atoms with van der Waals surface area (Å²) in [5.41, 5.74) is 8.17. The molecular weight excluding hydrogens is 338 g/mol. The average molecular weight is 355 g/mol. The van der Waals surface area contributed by atoms with Crippen LogP contribution in [0.2, 0.25) is 0 Å². The molecule has 8 nitrogen and oxygen atoms in total. The first kappa shape index (κ1) is 17.3. The Balaban J connectivity index is 1.50. The Morgan fingerprint density at radius 1 is 1.19 bits per heavy atom. The minimum absolute atomic E-state index is 0.115. The largest absolute Gasteiger partial charge is 0.485 e. The molecule has 26 heavy (non-hydrogen) atoms. The number of amides is 2. The molecule has 1 heterocycles. The molecule has 0 saturated heterocycles. The molecular formula is C18H17N3O5. The lowest BCUT2D eigenvalue weighted by Gasteiger charge is -2.24. The van der Waals surface area contributed by atoms with E-state index < -0.39 is 17.9 Å². The molecule has 0 spiro atoms. The lowest BCUT2D eigenvalue weighted by Crippen LogP contribution is -2.42. The fourth-order valence-corrected chi connectivity index (χ4v) is 2.20. The first-order chi connectivity index (χ1) is 12.6. The minimum Gasteiger partial charge on any atom is -0.485 e. The maximum absolute atomic E-state index is 12.1. The average Bonchev–Trinajstić information content (AvgIpc) is 2.67. The van der Waals surface area contributed by atoms with Gasteiger partial charge in [0.15, 0.2) is 18.1 Å². The van der Waals surface area contributed by atoms with E-state index in [1.54, 1.807) is 42.5 Å². The summed E-state index contributed by atoms with van der Waals surface area (Å²) in [7, 11) is 0. The highest BCUT2D eigenvalue weighted by atomic mass is 16.6. The summed E-state index contributed by atoms with van der Waals surface area (Å²) >= 11 is 0. The molecule has 0 aromatic heterocycles. The van der Waals surface area contributed by atoms with Crippen LogP contribution in [-0.4, -0.2) is 37.3 Å². The van der Waals surface area contributed by atoms with Crippen LogP contribution >= 0.6 is 0 Å². The van der Waals surface area contributed by atoms with Crippen molar-refractivity contribution in [3.8, 4) is 17.2 Å². The summed E-state index contributed by atoms with van der Waals surface area (Å²) < 4.78 is 16.2. The molecule has 2 aromatic rings. The van der Waals surface area contributed by atoms with Crippen molar-refractivity contribution in [2.24, 2.45) is 10.8 Å². The van der Waals surface area contributed by atoms with Gasteiger partial charge in [-0.15, -0.1) is 0 Å². The maximum Gasteiger partial charge on any atom is 0.284 e. The van der Waals surface area contributed by atoms with Crippen LogP contribution in [0.3, 0.4) is 0 Å². The Morgan fingerprint density at radius 2 is 1.92 bits per heavy atom. The van der Waals surface area contributed by atoms with Crippen molar-refractivity contribution in [1.82, 2.24) is 5.43 Å². The van der Waals surface area contributed by atoms with Crippen molar-refractivity contribution in [3.63, 3.8) is 0 Å². The van der Waals surface area contributed by atoms with Crippen molar-refractivity contribution < 1.29 is 23.8 Å². The summed E-state index contributed by atoms with van der Waals surface area (Å²) in [5.74, 6) is 0.691. The smallest absolute Gasteiger partial charge is 0.284 e. The number of hydrogen-bond acceptors (Lipinski definition) is 6. The molecule has 2 amide bonds. The van der Waals surface area contributed by atoms with E-state index in [4.69, 9.17) is 19.9 Å². The maximum atomic E-state index is 12.1. The van der Waals surface area contributed by atoms with Crippen LogP contribution in [0.5, 0.6) is 17.2 Å². The summed E-state index contributed by atoms with van der Waals surface area (Å²) in [5, 5.41) is 3.90. The van der Waals surface area contributed by atoms with Crippen LogP contribution in [0.4, 0.5) is 0 Å². The van der Waals surface area contributed by atoms with Gasteiger partial charge in [-0.1, -0.05) is 12.1 Å². The van der Waals surface area contributed by atoms with Gasteiger partial charge in [0.05, 0.1) is 6.21 Å². The highest BCUT2D eigenvalue weighted by molar-refractivity contribution is 5.85. The number of para-hydroxylation sites is 2. The molecule has 0 bridgehead atoms. The van der Waals surface area contributed by atoms with E-state index in [9.17, 15) is 9.59 Å². The fraction of sp³-hybridized carbons (Fsp3) is 0.167. The van der Waals surface area contributed by atoms with Gasteiger partial charge in [-0.25, -0.2) is 5.43 Å². The zero-order valence-corrected chi connectivity index (χ0v) is 13.8. The number of ether oxygens (including phenoxy) is 3. The summed E-state index contributed by atoms with van der Waals surface area (Å²) in [6.45, 7) is -0.0691. The van der Waals surface area contributed by atoms with Gasteiger partial charge in [0, 0.05) is 0 Å².